The summed E-state index contributed by atoms with van der Waals surface area (Å²) in [6, 6.07) is 17.4. The molecule has 0 unspecified atom stereocenters. The first-order valence-corrected chi connectivity index (χ1v) is 10.3. The Morgan fingerprint density at radius 2 is 1.82 bits per heavy atom. The summed E-state index contributed by atoms with van der Waals surface area (Å²) in [5.74, 6) is 0.370. The van der Waals surface area contributed by atoms with Gasteiger partial charge in [0.15, 0.2) is 0 Å². The molecule has 1 amide bonds. The molecule has 5 heteroatoms. The molecule has 2 aliphatic rings. The van der Waals surface area contributed by atoms with Gasteiger partial charge in [-0.3, -0.25) is 9.69 Å². The van der Waals surface area contributed by atoms with Crippen molar-refractivity contribution >= 4 is 11.6 Å². The van der Waals surface area contributed by atoms with E-state index in [0.717, 1.165) is 51.0 Å². The van der Waals surface area contributed by atoms with Crippen LogP contribution in [0.3, 0.4) is 0 Å². The molecule has 2 aromatic carbocycles. The number of hydrogen-bond acceptors (Lipinski definition) is 3. The van der Waals surface area contributed by atoms with Crippen LogP contribution in [0, 0.1) is 11.7 Å². The van der Waals surface area contributed by atoms with Crippen molar-refractivity contribution in [2.75, 3.05) is 37.6 Å². The lowest BCUT2D eigenvalue weighted by Crippen LogP contribution is -2.39. The molecule has 0 aliphatic carbocycles. The molecule has 4 nitrogen and oxygen atoms in total. The number of likely N-dealkylation sites (tertiary alicyclic amines) is 1. The third kappa shape index (κ3) is 4.53. The smallest absolute Gasteiger partial charge is 0.234 e. The molecular formula is C23H28FN3O. The van der Waals surface area contributed by atoms with Gasteiger partial charge in [0.25, 0.3) is 0 Å². The van der Waals surface area contributed by atoms with Gasteiger partial charge in [0, 0.05) is 31.4 Å². The minimum atomic E-state index is -0.216. The normalized spacial score (nSPS) is 22.5. The standard InChI is InChI=1S/C23H28FN3O/c24-20-10-8-19(9-11-20)22-7-4-13-27(22)17-23(28)25-15-18-12-14-26(16-18)21-5-2-1-3-6-21/h1-3,5-6,8-11,18,22H,4,7,12-17H2,(H,25,28)/t18-,22+/m0/s1. The predicted octanol–water partition coefficient (Wildman–Crippen LogP) is 3.61. The van der Waals surface area contributed by atoms with E-state index in [1.165, 1.54) is 17.8 Å². The lowest BCUT2D eigenvalue weighted by molar-refractivity contribution is -0.122. The highest BCUT2D eigenvalue weighted by molar-refractivity contribution is 5.78. The number of carbonyl (C=O) groups is 1. The maximum Gasteiger partial charge on any atom is 0.234 e. The zero-order valence-corrected chi connectivity index (χ0v) is 16.2. The summed E-state index contributed by atoms with van der Waals surface area (Å²) in [7, 11) is 0. The van der Waals surface area contributed by atoms with Crippen LogP contribution in [0.15, 0.2) is 54.6 Å². The zero-order valence-electron chi connectivity index (χ0n) is 16.2. The molecule has 2 fully saturated rings. The molecule has 2 aromatic rings. The van der Waals surface area contributed by atoms with Crippen molar-refractivity contribution in [3.8, 4) is 0 Å². The summed E-state index contributed by atoms with van der Waals surface area (Å²) < 4.78 is 13.2. The number of carbonyl (C=O) groups excluding carboxylic acids is 1. The highest BCUT2D eigenvalue weighted by Gasteiger charge is 2.28. The first-order chi connectivity index (χ1) is 13.7. The van der Waals surface area contributed by atoms with Crippen LogP contribution < -0.4 is 10.2 Å². The third-order valence-corrected chi connectivity index (χ3v) is 5.96. The van der Waals surface area contributed by atoms with Crippen LogP contribution >= 0.6 is 0 Å². The van der Waals surface area contributed by atoms with E-state index in [2.05, 4.69) is 39.4 Å². The maximum atomic E-state index is 13.2. The number of benzene rings is 2. The lowest BCUT2D eigenvalue weighted by atomic mass is 10.0. The average molecular weight is 381 g/mol. The minimum absolute atomic E-state index is 0.0900. The molecule has 0 bridgehead atoms. The Hall–Kier alpha value is -2.40. The zero-order chi connectivity index (χ0) is 19.3. The number of amides is 1. The van der Waals surface area contributed by atoms with Crippen LogP contribution in [0.5, 0.6) is 0 Å². The number of anilines is 1. The van der Waals surface area contributed by atoms with Gasteiger partial charge in [-0.15, -0.1) is 0 Å². The monoisotopic (exact) mass is 381 g/mol. The van der Waals surface area contributed by atoms with Crippen LogP contribution in [0.25, 0.3) is 0 Å². The Labute approximate surface area is 166 Å². The van der Waals surface area contributed by atoms with Crippen molar-refractivity contribution in [2.24, 2.45) is 5.92 Å². The fourth-order valence-electron chi connectivity index (χ4n) is 4.45. The molecule has 1 N–H and O–H groups in total. The van der Waals surface area contributed by atoms with Gasteiger partial charge in [-0.25, -0.2) is 4.39 Å². The van der Waals surface area contributed by atoms with Gasteiger partial charge < -0.3 is 10.2 Å². The highest BCUT2D eigenvalue weighted by Crippen LogP contribution is 2.31. The second kappa shape index (κ2) is 8.74. The fraction of sp³-hybridized carbons (Fsp3) is 0.435. The van der Waals surface area contributed by atoms with E-state index in [-0.39, 0.29) is 17.8 Å². The molecule has 148 valence electrons. The predicted molar refractivity (Wildman–Crippen MR) is 110 cm³/mol. The van der Waals surface area contributed by atoms with Crippen LogP contribution in [0.2, 0.25) is 0 Å². The number of nitrogens with one attached hydrogen (secondary N) is 1. The summed E-state index contributed by atoms with van der Waals surface area (Å²) >= 11 is 0. The second-order valence-corrected chi connectivity index (χ2v) is 7.92. The molecule has 0 aromatic heterocycles. The largest absolute Gasteiger partial charge is 0.371 e. The van der Waals surface area contributed by atoms with E-state index < -0.39 is 0 Å². The first-order valence-electron chi connectivity index (χ1n) is 10.3. The molecule has 0 spiro atoms. The molecule has 0 radical (unpaired) electrons. The summed E-state index contributed by atoms with van der Waals surface area (Å²) in [6.45, 7) is 4.10. The second-order valence-electron chi connectivity index (χ2n) is 7.92. The van der Waals surface area contributed by atoms with E-state index in [4.69, 9.17) is 0 Å². The average Bonchev–Trinajstić information content (AvgIpc) is 3.37. The number of halogens is 1. The Bertz CT molecular complexity index is 780. The summed E-state index contributed by atoms with van der Waals surface area (Å²) in [6.07, 6.45) is 3.20. The number of hydrogen-bond donors (Lipinski definition) is 1. The maximum absolute atomic E-state index is 13.2. The molecular weight excluding hydrogens is 353 g/mol. The SMILES string of the molecule is O=C(CN1CCC[C@@H]1c1ccc(F)cc1)NC[C@@H]1CCN(c2ccccc2)C1. The van der Waals surface area contributed by atoms with E-state index in [1.54, 1.807) is 0 Å². The van der Waals surface area contributed by atoms with Crippen LogP contribution in [0.1, 0.15) is 30.9 Å². The first kappa shape index (κ1) is 18.9. The third-order valence-electron chi connectivity index (χ3n) is 5.96. The van der Waals surface area contributed by atoms with E-state index in [1.807, 2.05) is 18.2 Å². The molecule has 28 heavy (non-hydrogen) atoms. The van der Waals surface area contributed by atoms with Crippen LogP contribution in [-0.4, -0.2) is 43.5 Å². The van der Waals surface area contributed by atoms with Gasteiger partial charge in [-0.2, -0.15) is 0 Å². The van der Waals surface area contributed by atoms with Gasteiger partial charge in [0.2, 0.25) is 5.91 Å². The molecule has 4 rings (SSSR count). The van der Waals surface area contributed by atoms with Gasteiger partial charge in [-0.1, -0.05) is 30.3 Å². The van der Waals surface area contributed by atoms with Gasteiger partial charge >= 0.3 is 0 Å². The van der Waals surface area contributed by atoms with Crippen molar-refractivity contribution in [3.63, 3.8) is 0 Å². The molecule has 2 heterocycles. The van der Waals surface area contributed by atoms with Crippen molar-refractivity contribution in [3.05, 3.63) is 66.0 Å². The Morgan fingerprint density at radius 1 is 1.04 bits per heavy atom. The Morgan fingerprint density at radius 3 is 2.61 bits per heavy atom. The quantitative estimate of drug-likeness (QED) is 0.830. The van der Waals surface area contributed by atoms with Crippen molar-refractivity contribution in [1.82, 2.24) is 10.2 Å². The fourth-order valence-corrected chi connectivity index (χ4v) is 4.45. The van der Waals surface area contributed by atoms with E-state index in [9.17, 15) is 9.18 Å². The molecule has 2 atom stereocenters. The number of rotatable bonds is 6. The van der Waals surface area contributed by atoms with Gasteiger partial charge in [-0.05, 0) is 61.6 Å². The topological polar surface area (TPSA) is 35.6 Å². The van der Waals surface area contributed by atoms with Crippen LogP contribution in [0.4, 0.5) is 10.1 Å². The summed E-state index contributed by atoms with van der Waals surface area (Å²) in [5.41, 5.74) is 2.36. The highest BCUT2D eigenvalue weighted by atomic mass is 19.1. The molecule has 2 saturated heterocycles. The van der Waals surface area contributed by atoms with E-state index in [0.29, 0.717) is 12.5 Å². The van der Waals surface area contributed by atoms with E-state index >= 15 is 0 Å². The van der Waals surface area contributed by atoms with Gasteiger partial charge in [0.05, 0.1) is 6.54 Å². The minimum Gasteiger partial charge on any atom is -0.371 e. The number of nitrogens with zero attached hydrogens (tertiary/aromatic N) is 2. The van der Waals surface area contributed by atoms with Gasteiger partial charge in [0.1, 0.15) is 5.82 Å². The Kier molecular flexibility index (Phi) is 5.91. The lowest BCUT2D eigenvalue weighted by Gasteiger charge is -2.24. The van der Waals surface area contributed by atoms with Crippen molar-refractivity contribution in [1.29, 1.82) is 0 Å². The molecule has 0 saturated carbocycles. The van der Waals surface area contributed by atoms with Crippen LogP contribution in [-0.2, 0) is 4.79 Å². The van der Waals surface area contributed by atoms with Crippen molar-refractivity contribution in [2.45, 2.75) is 25.3 Å². The summed E-state index contributed by atoms with van der Waals surface area (Å²) in [4.78, 5) is 17.1. The Balaban J connectivity index is 1.25. The number of para-hydroxylation sites is 1. The van der Waals surface area contributed by atoms with Crippen molar-refractivity contribution < 1.29 is 9.18 Å². The molecule has 2 aliphatic heterocycles. The summed E-state index contributed by atoms with van der Waals surface area (Å²) in [5, 5.41) is 3.14.